The Morgan fingerprint density at radius 1 is 0.718 bits per heavy atom. The second-order valence-corrected chi connectivity index (χ2v) is 6.99. The summed E-state index contributed by atoms with van der Waals surface area (Å²) < 4.78 is 0. The molecular formula is C18H30CaKNaO18. The van der Waals surface area contributed by atoms with Crippen LogP contribution in [-0.4, -0.2) is 193 Å². The fourth-order valence-corrected chi connectivity index (χ4v) is 1.76. The van der Waals surface area contributed by atoms with Crippen LogP contribution in [0.15, 0.2) is 0 Å². The minimum absolute atomic E-state index is 0. The van der Waals surface area contributed by atoms with E-state index in [0.29, 0.717) is 0 Å². The summed E-state index contributed by atoms with van der Waals surface area (Å²) in [5.74, 6) is -1.76. The van der Waals surface area contributed by atoms with Gasteiger partial charge >= 0.3 is 125 Å². The minimum Gasteiger partial charge on any atom is -0.853 e. The van der Waals surface area contributed by atoms with E-state index in [-0.39, 0.29) is 138 Å². The topological polar surface area (TPSA) is 363 Å². The SMILES string of the molecule is C[C@@H](O)[C@H](O)[C@H](O)[C@@H](O)C=O.O=C[C@H](O)[C@@H](O)[C@H](O)[C@H](O)C(=O)O.O=C[C@H]([O-])[C@@H]([O-])[C@H]([O-])[C@H]([O-])CO.[Ca+2].[K+].[Na+]. The van der Waals surface area contributed by atoms with Crippen molar-refractivity contribution in [2.45, 2.75) is 80.2 Å². The summed E-state index contributed by atoms with van der Waals surface area (Å²) >= 11 is 0. The maximum atomic E-state index is 10.6. The van der Waals surface area contributed by atoms with Gasteiger partial charge in [-0.25, -0.2) is 4.79 Å². The molecule has 10 N–H and O–H groups in total. The zero-order valence-electron chi connectivity index (χ0n) is 21.3. The van der Waals surface area contributed by atoms with Crippen molar-refractivity contribution in [1.29, 1.82) is 0 Å². The van der Waals surface area contributed by atoms with Gasteiger partial charge in [-0.3, -0.25) is 0 Å². The van der Waals surface area contributed by atoms with Crippen LogP contribution in [0.2, 0.25) is 0 Å². The van der Waals surface area contributed by atoms with Crippen molar-refractivity contribution in [3.05, 3.63) is 0 Å². The van der Waals surface area contributed by atoms with Crippen LogP contribution in [0.1, 0.15) is 6.92 Å². The fourth-order valence-electron chi connectivity index (χ4n) is 1.76. The number of carboxylic acid groups (broad SMARTS) is 1. The van der Waals surface area contributed by atoms with Gasteiger partial charge in [0.25, 0.3) is 0 Å². The van der Waals surface area contributed by atoms with Crippen LogP contribution < -0.4 is 101 Å². The predicted octanol–water partition coefficient (Wildman–Crippen LogP) is -17.9. The van der Waals surface area contributed by atoms with Crippen molar-refractivity contribution in [2.75, 3.05) is 6.61 Å². The van der Waals surface area contributed by atoms with Crippen LogP contribution in [0.5, 0.6) is 0 Å². The van der Waals surface area contributed by atoms with Crippen molar-refractivity contribution in [2.24, 2.45) is 0 Å². The van der Waals surface area contributed by atoms with Gasteiger partial charge in [0.05, 0.1) is 6.10 Å². The van der Waals surface area contributed by atoms with Gasteiger partial charge in [0, 0.05) is 6.61 Å². The fraction of sp³-hybridized carbons (Fsp3) is 0.778. The van der Waals surface area contributed by atoms with Crippen LogP contribution in [0, 0.1) is 0 Å². The van der Waals surface area contributed by atoms with Gasteiger partial charge in [0.1, 0.15) is 42.9 Å². The Labute approximate surface area is 316 Å². The van der Waals surface area contributed by atoms with Crippen molar-refractivity contribution in [3.63, 3.8) is 0 Å². The van der Waals surface area contributed by atoms with Crippen molar-refractivity contribution in [1.82, 2.24) is 0 Å². The number of rotatable bonds is 14. The molecule has 0 fully saturated rings. The molecule has 0 bridgehead atoms. The van der Waals surface area contributed by atoms with E-state index in [2.05, 4.69) is 0 Å². The van der Waals surface area contributed by atoms with Crippen LogP contribution in [0.3, 0.4) is 0 Å². The Morgan fingerprint density at radius 3 is 1.33 bits per heavy atom. The smallest absolute Gasteiger partial charge is 0.853 e. The summed E-state index contributed by atoms with van der Waals surface area (Å²) in [5.41, 5.74) is 0. The third-order valence-corrected chi connectivity index (χ3v) is 4.08. The van der Waals surface area contributed by atoms with E-state index >= 15 is 0 Å². The number of hydrogen-bond donors (Lipinski definition) is 10. The van der Waals surface area contributed by atoms with Gasteiger partial charge in [-0.2, -0.15) is 6.10 Å². The molecule has 39 heavy (non-hydrogen) atoms. The third-order valence-electron chi connectivity index (χ3n) is 4.08. The maximum absolute atomic E-state index is 10.6. The van der Waals surface area contributed by atoms with Gasteiger partial charge in [0.15, 0.2) is 18.7 Å². The van der Waals surface area contributed by atoms with E-state index in [4.69, 9.17) is 51.1 Å². The van der Waals surface area contributed by atoms with Gasteiger partial charge in [0.2, 0.25) is 0 Å². The molecular weight excluding hydrogens is 606 g/mol. The average Bonchev–Trinajstić information content (AvgIpc) is 2.88. The number of aliphatic hydroxyl groups is 9. The predicted molar refractivity (Wildman–Crippen MR) is 108 cm³/mol. The third kappa shape index (κ3) is 23.0. The molecule has 0 heterocycles. The first-order valence-corrected chi connectivity index (χ1v) is 9.73. The quantitative estimate of drug-likeness (QED) is 0.0624. The number of carboxylic acids is 1. The second kappa shape index (κ2) is 29.9. The summed E-state index contributed by atoms with van der Waals surface area (Å²) in [6.07, 6.45) is -23.3. The number of aliphatic carboxylic acids is 1. The molecule has 0 aromatic rings. The van der Waals surface area contributed by atoms with E-state index in [0.717, 1.165) is 0 Å². The Balaban J connectivity index is -0.000000101. The summed E-state index contributed by atoms with van der Waals surface area (Å²) in [4.78, 5) is 39.6. The molecule has 0 saturated carbocycles. The molecule has 0 aliphatic rings. The van der Waals surface area contributed by atoms with Crippen molar-refractivity contribution < 1.29 is 172 Å². The Hall–Kier alpha value is 1.86. The molecule has 18 nitrogen and oxygen atoms in total. The normalized spacial score (nSPS) is 19.3. The summed E-state index contributed by atoms with van der Waals surface area (Å²) in [6, 6.07) is 0. The Kier molecular flexibility index (Phi) is 41.0. The average molecular weight is 637 g/mol. The number of aldehydes is 3. The standard InChI is InChI=1S/C6H10O7.C6H8O6.C6H12O5.Ca.K.Na/c7-1-2(8)3(9)4(10)5(11)6(12)13;7-1-3(9)5(11)6(12)4(10)2-8;1-3(8)5(10)6(11)4(9)2-7;;;/h1-5,8-11H,(H,12,13);1,3-6,8H,2H2;2-6,8-11H,1H3;;;/q;-4;;+2;2*+1/t2-,3+,4-,5-;3-,4+,5+,6+;3-,4+,5+,6-;;;/m001.../s1. The molecule has 0 spiro atoms. The van der Waals surface area contributed by atoms with Crippen LogP contribution in [0.4, 0.5) is 0 Å². The van der Waals surface area contributed by atoms with E-state index in [1.807, 2.05) is 0 Å². The molecule has 0 aromatic carbocycles. The molecule has 214 valence electrons. The van der Waals surface area contributed by atoms with Gasteiger partial charge in [-0.05, 0) is 6.92 Å². The van der Waals surface area contributed by atoms with E-state index < -0.39 is 85.8 Å². The molecule has 0 amide bonds. The molecule has 0 rings (SSSR count). The molecule has 0 aromatic heterocycles. The Morgan fingerprint density at radius 2 is 1.08 bits per heavy atom. The first-order valence-electron chi connectivity index (χ1n) is 9.73. The molecule has 0 saturated heterocycles. The van der Waals surface area contributed by atoms with Gasteiger partial charge < -0.3 is 85.9 Å². The van der Waals surface area contributed by atoms with Crippen LogP contribution in [-0.2, 0) is 19.2 Å². The van der Waals surface area contributed by atoms with Crippen molar-refractivity contribution >= 4 is 62.6 Å². The van der Waals surface area contributed by atoms with E-state index in [1.165, 1.54) is 6.92 Å². The first-order chi connectivity index (χ1) is 16.5. The zero-order valence-corrected chi connectivity index (χ0v) is 28.6. The second-order valence-electron chi connectivity index (χ2n) is 6.99. The summed E-state index contributed by atoms with van der Waals surface area (Å²) in [6.45, 7) is 0.240. The maximum Gasteiger partial charge on any atom is 2.00 e. The molecule has 0 radical (unpaired) electrons. The summed E-state index contributed by atoms with van der Waals surface area (Å²) in [5, 5.41) is 128. The van der Waals surface area contributed by atoms with E-state index in [1.54, 1.807) is 0 Å². The molecule has 21 heteroatoms. The van der Waals surface area contributed by atoms with Crippen molar-refractivity contribution in [3.8, 4) is 0 Å². The van der Waals surface area contributed by atoms with Crippen LogP contribution >= 0.6 is 0 Å². The number of aliphatic hydroxyl groups excluding tert-OH is 9. The molecule has 0 unspecified atom stereocenters. The largest absolute Gasteiger partial charge is 2.00 e. The summed E-state index contributed by atoms with van der Waals surface area (Å²) in [7, 11) is 0. The molecule has 12 atom stereocenters. The van der Waals surface area contributed by atoms with Crippen LogP contribution in [0.25, 0.3) is 0 Å². The zero-order chi connectivity index (χ0) is 29.3. The monoisotopic (exact) mass is 636 g/mol. The molecule has 0 aliphatic heterocycles. The van der Waals surface area contributed by atoms with Gasteiger partial charge in [-0.15, -0.1) is 12.2 Å². The number of carbonyl (C=O) groups is 4. The van der Waals surface area contributed by atoms with Gasteiger partial charge in [-0.1, -0.05) is 6.10 Å². The first kappa shape index (κ1) is 53.4. The van der Waals surface area contributed by atoms with E-state index in [9.17, 15) is 39.6 Å². The molecule has 0 aliphatic carbocycles. The minimum atomic E-state index is -2.32. The number of hydrogen-bond acceptors (Lipinski definition) is 17. The Bertz CT molecular complexity index is 637. The number of carbonyl (C=O) groups excluding carboxylic acids is 3.